The first-order chi connectivity index (χ1) is 11.3. The highest BCUT2D eigenvalue weighted by molar-refractivity contribution is 5.82. The first-order valence-electron chi connectivity index (χ1n) is 8.88. The first kappa shape index (κ1) is 20.3. The van der Waals surface area contributed by atoms with E-state index >= 15 is 0 Å². The van der Waals surface area contributed by atoms with Gasteiger partial charge in [0.2, 0.25) is 11.8 Å². The van der Waals surface area contributed by atoms with Gasteiger partial charge in [-0.2, -0.15) is 0 Å². The normalized spacial score (nSPS) is 18.5. The van der Waals surface area contributed by atoms with Gasteiger partial charge in [-0.15, -0.1) is 0 Å². The maximum absolute atomic E-state index is 11.8. The Hall–Kier alpha value is -1.79. The van der Waals surface area contributed by atoms with Crippen molar-refractivity contribution in [3.05, 3.63) is 0 Å². The number of nitrogens with zero attached hydrogens (tertiary/aromatic N) is 2. The first-order valence-corrected chi connectivity index (χ1v) is 8.88. The summed E-state index contributed by atoms with van der Waals surface area (Å²) in [4.78, 5) is 29.9. The molecular formula is C17H33N5O2. The molecule has 3 N–H and O–H groups in total. The number of guanidine groups is 1. The van der Waals surface area contributed by atoms with Gasteiger partial charge in [0.05, 0.1) is 6.54 Å². The number of carbonyl (C=O) groups is 2. The van der Waals surface area contributed by atoms with Gasteiger partial charge in [0, 0.05) is 44.1 Å². The Morgan fingerprint density at radius 1 is 1.21 bits per heavy atom. The van der Waals surface area contributed by atoms with Crippen LogP contribution >= 0.6 is 0 Å². The second-order valence-corrected chi connectivity index (χ2v) is 7.09. The predicted molar refractivity (Wildman–Crippen MR) is 96.9 cm³/mol. The lowest BCUT2D eigenvalue weighted by Gasteiger charge is -2.19. The molecular weight excluding hydrogens is 306 g/mol. The molecule has 0 saturated carbocycles. The number of hydrogen-bond donors (Lipinski definition) is 3. The molecule has 0 bridgehead atoms. The molecule has 0 aromatic heterocycles. The smallest absolute Gasteiger partial charge is 0.225 e. The van der Waals surface area contributed by atoms with Gasteiger partial charge in [0.25, 0.3) is 0 Å². The largest absolute Gasteiger partial charge is 0.357 e. The fourth-order valence-electron chi connectivity index (χ4n) is 2.44. The van der Waals surface area contributed by atoms with E-state index in [4.69, 9.17) is 0 Å². The monoisotopic (exact) mass is 339 g/mol. The number of rotatable bonds is 6. The summed E-state index contributed by atoms with van der Waals surface area (Å²) in [5.74, 6) is 0.963. The van der Waals surface area contributed by atoms with E-state index < -0.39 is 0 Å². The Bertz CT molecular complexity index is 456. The highest BCUT2D eigenvalue weighted by Gasteiger charge is 2.25. The summed E-state index contributed by atoms with van der Waals surface area (Å²) in [6.07, 6.45) is 1.48. The number of hydrogen-bond acceptors (Lipinski definition) is 3. The summed E-state index contributed by atoms with van der Waals surface area (Å²) in [5.41, 5.74) is -0.383. The van der Waals surface area contributed by atoms with Crippen molar-refractivity contribution < 1.29 is 9.59 Å². The summed E-state index contributed by atoms with van der Waals surface area (Å²) < 4.78 is 0. The average molecular weight is 339 g/mol. The van der Waals surface area contributed by atoms with Crippen LogP contribution in [0, 0.1) is 5.41 Å². The van der Waals surface area contributed by atoms with Gasteiger partial charge in [-0.05, 0) is 13.3 Å². The molecule has 1 heterocycles. The molecule has 7 heteroatoms. The van der Waals surface area contributed by atoms with Crippen LogP contribution in [0.1, 0.15) is 47.5 Å². The zero-order valence-corrected chi connectivity index (χ0v) is 15.7. The molecule has 7 nitrogen and oxygen atoms in total. The van der Waals surface area contributed by atoms with Crippen molar-refractivity contribution in [2.24, 2.45) is 10.4 Å². The van der Waals surface area contributed by atoms with Crippen molar-refractivity contribution in [3.8, 4) is 0 Å². The topological polar surface area (TPSA) is 85.8 Å². The number of carbonyl (C=O) groups excluding carboxylic acids is 2. The lowest BCUT2D eigenvalue weighted by molar-refractivity contribution is -0.130. The Morgan fingerprint density at radius 2 is 1.92 bits per heavy atom. The Morgan fingerprint density at radius 3 is 2.50 bits per heavy atom. The molecule has 0 aromatic carbocycles. The zero-order valence-electron chi connectivity index (χ0n) is 15.7. The van der Waals surface area contributed by atoms with Crippen LogP contribution < -0.4 is 16.0 Å². The molecule has 1 saturated heterocycles. The molecule has 1 aliphatic heterocycles. The summed E-state index contributed by atoms with van der Waals surface area (Å²) in [5, 5.41) is 9.47. The van der Waals surface area contributed by atoms with Crippen LogP contribution in [-0.4, -0.2) is 61.4 Å². The molecule has 0 aromatic rings. The van der Waals surface area contributed by atoms with Crippen molar-refractivity contribution in [1.29, 1.82) is 0 Å². The Kier molecular flexibility index (Phi) is 8.01. The number of likely N-dealkylation sites (tertiary alicyclic amines) is 1. The molecule has 24 heavy (non-hydrogen) atoms. The fraction of sp³-hybridized carbons (Fsp3) is 0.824. The lowest BCUT2D eigenvalue weighted by Crippen LogP contribution is -2.45. The summed E-state index contributed by atoms with van der Waals surface area (Å²) in [6.45, 7) is 12.9. The minimum Gasteiger partial charge on any atom is -0.357 e. The molecule has 1 fully saturated rings. The van der Waals surface area contributed by atoms with Gasteiger partial charge in [-0.25, -0.2) is 0 Å². The Labute approximate surface area is 145 Å². The number of nitrogens with one attached hydrogen (secondary N) is 3. The summed E-state index contributed by atoms with van der Waals surface area (Å²) in [7, 11) is 0. The van der Waals surface area contributed by atoms with Gasteiger partial charge >= 0.3 is 0 Å². The van der Waals surface area contributed by atoms with E-state index in [-0.39, 0.29) is 23.3 Å². The molecule has 1 atom stereocenters. The molecule has 1 rings (SSSR count). The zero-order chi connectivity index (χ0) is 18.2. The molecule has 2 amide bonds. The van der Waals surface area contributed by atoms with E-state index in [0.29, 0.717) is 19.5 Å². The van der Waals surface area contributed by atoms with E-state index in [9.17, 15) is 9.59 Å². The maximum atomic E-state index is 11.8. The van der Waals surface area contributed by atoms with Crippen molar-refractivity contribution in [3.63, 3.8) is 0 Å². The average Bonchev–Trinajstić information content (AvgIpc) is 2.98. The van der Waals surface area contributed by atoms with E-state index in [1.54, 1.807) is 0 Å². The van der Waals surface area contributed by atoms with E-state index in [0.717, 1.165) is 32.0 Å². The summed E-state index contributed by atoms with van der Waals surface area (Å²) in [6, 6.07) is 0.225. The minimum atomic E-state index is -0.383. The molecule has 0 aliphatic carbocycles. The summed E-state index contributed by atoms with van der Waals surface area (Å²) >= 11 is 0. The van der Waals surface area contributed by atoms with Crippen LogP contribution in [0.2, 0.25) is 0 Å². The van der Waals surface area contributed by atoms with Crippen molar-refractivity contribution in [2.45, 2.75) is 53.5 Å². The molecule has 0 spiro atoms. The van der Waals surface area contributed by atoms with E-state index in [1.165, 1.54) is 0 Å². The molecule has 1 unspecified atom stereocenters. The lowest BCUT2D eigenvalue weighted by atomic mass is 9.96. The maximum Gasteiger partial charge on any atom is 0.225 e. The van der Waals surface area contributed by atoms with Crippen LogP contribution in [0.3, 0.4) is 0 Å². The van der Waals surface area contributed by atoms with Crippen LogP contribution in [0.5, 0.6) is 0 Å². The van der Waals surface area contributed by atoms with E-state index in [1.807, 2.05) is 39.5 Å². The second kappa shape index (κ2) is 9.49. The minimum absolute atomic E-state index is 0.0279. The van der Waals surface area contributed by atoms with Gasteiger partial charge < -0.3 is 20.9 Å². The van der Waals surface area contributed by atoms with Crippen LogP contribution in [0.15, 0.2) is 4.99 Å². The standard InChI is InChI=1S/C17H33N5O2/c1-6-14(23)22-11-8-13(12-22)21-16(18-7-2)20-10-9-19-15(24)17(3,4)5/h13H,6-12H2,1-5H3,(H,19,24)(H2,18,20,21). The predicted octanol–water partition coefficient (Wildman–Crippen LogP) is 0.715. The second-order valence-electron chi connectivity index (χ2n) is 7.09. The van der Waals surface area contributed by atoms with Crippen LogP contribution in [0.4, 0.5) is 0 Å². The van der Waals surface area contributed by atoms with Crippen molar-refractivity contribution >= 4 is 17.8 Å². The van der Waals surface area contributed by atoms with Crippen molar-refractivity contribution in [1.82, 2.24) is 20.9 Å². The molecule has 138 valence electrons. The van der Waals surface area contributed by atoms with Crippen LogP contribution in [0.25, 0.3) is 0 Å². The van der Waals surface area contributed by atoms with Gasteiger partial charge in [-0.3, -0.25) is 14.6 Å². The molecule has 0 radical (unpaired) electrons. The Balaban J connectivity index is 2.43. The SMILES string of the molecule is CCNC(=NCCNC(=O)C(C)(C)C)NC1CCN(C(=O)CC)C1. The van der Waals surface area contributed by atoms with Crippen molar-refractivity contribution in [2.75, 3.05) is 32.7 Å². The van der Waals surface area contributed by atoms with Crippen LogP contribution in [-0.2, 0) is 9.59 Å². The number of aliphatic imine (C=N–C) groups is 1. The van der Waals surface area contributed by atoms with E-state index in [2.05, 4.69) is 20.9 Å². The highest BCUT2D eigenvalue weighted by atomic mass is 16.2. The third kappa shape index (κ3) is 6.76. The van der Waals surface area contributed by atoms with Gasteiger partial charge in [0.1, 0.15) is 0 Å². The third-order valence-corrected chi connectivity index (χ3v) is 3.88. The van der Waals surface area contributed by atoms with Gasteiger partial charge in [-0.1, -0.05) is 27.7 Å². The third-order valence-electron chi connectivity index (χ3n) is 3.88. The highest BCUT2D eigenvalue weighted by Crippen LogP contribution is 2.12. The van der Waals surface area contributed by atoms with Gasteiger partial charge in [0.15, 0.2) is 5.96 Å². The molecule has 1 aliphatic rings. The fourth-order valence-corrected chi connectivity index (χ4v) is 2.44. The number of amides is 2. The quantitative estimate of drug-likeness (QED) is 0.378.